The third-order valence-electron chi connectivity index (χ3n) is 4.30. The molecule has 4 heterocycles. The van der Waals surface area contributed by atoms with E-state index in [-0.39, 0.29) is 0 Å². The Labute approximate surface area is 155 Å². The lowest BCUT2D eigenvalue weighted by Gasteiger charge is -2.14. The number of aromatic nitrogens is 3. The minimum atomic E-state index is -0.435. The van der Waals surface area contributed by atoms with Gasteiger partial charge < -0.3 is 21.1 Å². The van der Waals surface area contributed by atoms with Crippen LogP contribution in [0.3, 0.4) is 0 Å². The monoisotopic (exact) mass is 370 g/mol. The predicted molar refractivity (Wildman–Crippen MR) is 106 cm³/mol. The first kappa shape index (κ1) is 17.1. The number of hydrogen-bond donors (Lipinski definition) is 4. The van der Waals surface area contributed by atoms with Crippen molar-refractivity contribution < 1.29 is 5.11 Å². The highest BCUT2D eigenvalue weighted by atomic mass is 32.1. The fraction of sp³-hybridized carbons (Fsp3) is 0.389. The fourth-order valence-electron chi connectivity index (χ4n) is 2.98. The van der Waals surface area contributed by atoms with Gasteiger partial charge in [-0.1, -0.05) is 0 Å². The van der Waals surface area contributed by atoms with Gasteiger partial charge in [-0.25, -0.2) is 15.0 Å². The van der Waals surface area contributed by atoms with E-state index in [1.165, 1.54) is 0 Å². The molecule has 0 aromatic carbocycles. The second-order valence-corrected chi connectivity index (χ2v) is 7.44. The molecule has 0 bridgehead atoms. The van der Waals surface area contributed by atoms with Crippen LogP contribution in [-0.2, 0) is 0 Å². The van der Waals surface area contributed by atoms with Crippen molar-refractivity contribution in [3.63, 3.8) is 0 Å². The standard InChI is InChI=1S/C18H22N6OS/c1-11(25)9-21-15-8-12(2-6-20-15)17-23-14-4-7-26-16(14)18(24-17)22-13-3-5-19-10-13/h2,4,6-8,11,13,19,25H,3,5,9-10H2,1H3,(H,20,21)(H,22,23,24)/t11-,13-/m1/s1. The summed E-state index contributed by atoms with van der Waals surface area (Å²) in [6.45, 7) is 4.17. The average molecular weight is 370 g/mol. The molecule has 7 nitrogen and oxygen atoms in total. The molecule has 1 aliphatic rings. The number of anilines is 2. The summed E-state index contributed by atoms with van der Waals surface area (Å²) in [4.78, 5) is 13.8. The lowest BCUT2D eigenvalue weighted by Crippen LogP contribution is -2.22. The van der Waals surface area contributed by atoms with Gasteiger partial charge in [-0.15, -0.1) is 11.3 Å². The van der Waals surface area contributed by atoms with Gasteiger partial charge in [-0.05, 0) is 43.5 Å². The van der Waals surface area contributed by atoms with Gasteiger partial charge >= 0.3 is 0 Å². The molecule has 26 heavy (non-hydrogen) atoms. The Bertz CT molecular complexity index is 890. The molecule has 1 aliphatic heterocycles. The maximum atomic E-state index is 9.44. The number of aliphatic hydroxyl groups is 1. The molecule has 4 N–H and O–H groups in total. The maximum absolute atomic E-state index is 9.44. The zero-order valence-corrected chi connectivity index (χ0v) is 15.4. The van der Waals surface area contributed by atoms with Crippen LogP contribution in [0.5, 0.6) is 0 Å². The average Bonchev–Trinajstić information content (AvgIpc) is 3.31. The number of nitrogens with zero attached hydrogens (tertiary/aromatic N) is 3. The lowest BCUT2D eigenvalue weighted by molar-refractivity contribution is 0.208. The van der Waals surface area contributed by atoms with Gasteiger partial charge in [0.25, 0.3) is 0 Å². The molecule has 3 aromatic heterocycles. The molecular weight excluding hydrogens is 348 g/mol. The van der Waals surface area contributed by atoms with Gasteiger partial charge in [0.05, 0.1) is 16.3 Å². The van der Waals surface area contributed by atoms with Gasteiger partial charge in [0.15, 0.2) is 5.82 Å². The molecule has 0 unspecified atom stereocenters. The molecule has 4 rings (SSSR count). The second-order valence-electron chi connectivity index (χ2n) is 6.52. The Hall–Kier alpha value is -2.29. The van der Waals surface area contributed by atoms with Gasteiger partial charge in [-0.3, -0.25) is 0 Å². The molecular formula is C18H22N6OS. The van der Waals surface area contributed by atoms with E-state index in [0.717, 1.165) is 41.1 Å². The predicted octanol–water partition coefficient (Wildman–Crippen LogP) is 2.32. The van der Waals surface area contributed by atoms with Crippen LogP contribution in [0.4, 0.5) is 11.6 Å². The molecule has 1 saturated heterocycles. The van der Waals surface area contributed by atoms with E-state index in [0.29, 0.717) is 24.2 Å². The third-order valence-corrected chi connectivity index (χ3v) is 5.21. The quantitative estimate of drug-likeness (QED) is 0.529. The lowest BCUT2D eigenvalue weighted by atomic mass is 10.2. The van der Waals surface area contributed by atoms with Crippen LogP contribution in [0, 0.1) is 0 Å². The Balaban J connectivity index is 1.66. The highest BCUT2D eigenvalue weighted by molar-refractivity contribution is 7.17. The van der Waals surface area contributed by atoms with E-state index in [9.17, 15) is 5.11 Å². The van der Waals surface area contributed by atoms with Crippen LogP contribution >= 0.6 is 11.3 Å². The van der Waals surface area contributed by atoms with Crippen molar-refractivity contribution in [3.8, 4) is 11.4 Å². The first-order valence-corrected chi connectivity index (χ1v) is 9.68. The molecule has 8 heteroatoms. The minimum Gasteiger partial charge on any atom is -0.392 e. The summed E-state index contributed by atoms with van der Waals surface area (Å²) in [6.07, 6.45) is 2.39. The molecule has 0 amide bonds. The zero-order valence-electron chi connectivity index (χ0n) is 14.6. The van der Waals surface area contributed by atoms with E-state index >= 15 is 0 Å². The van der Waals surface area contributed by atoms with Crippen molar-refractivity contribution in [1.29, 1.82) is 0 Å². The topological polar surface area (TPSA) is 95.0 Å². The summed E-state index contributed by atoms with van der Waals surface area (Å²) in [7, 11) is 0. The Morgan fingerprint density at radius 1 is 1.38 bits per heavy atom. The molecule has 0 saturated carbocycles. The van der Waals surface area contributed by atoms with Crippen molar-refractivity contribution >= 4 is 33.2 Å². The largest absolute Gasteiger partial charge is 0.392 e. The number of thiophene rings is 1. The summed E-state index contributed by atoms with van der Waals surface area (Å²) in [5, 5.41) is 21.5. The van der Waals surface area contributed by atoms with Crippen molar-refractivity contribution in [2.24, 2.45) is 0 Å². The van der Waals surface area contributed by atoms with E-state index in [4.69, 9.17) is 9.97 Å². The van der Waals surface area contributed by atoms with Crippen LogP contribution in [0.25, 0.3) is 21.6 Å². The van der Waals surface area contributed by atoms with Gasteiger partial charge in [0.2, 0.25) is 0 Å². The second kappa shape index (κ2) is 7.53. The highest BCUT2D eigenvalue weighted by Gasteiger charge is 2.18. The highest BCUT2D eigenvalue weighted by Crippen LogP contribution is 2.30. The smallest absolute Gasteiger partial charge is 0.162 e. The van der Waals surface area contributed by atoms with Crippen LogP contribution in [0.2, 0.25) is 0 Å². The molecule has 0 spiro atoms. The Morgan fingerprint density at radius 2 is 2.31 bits per heavy atom. The van der Waals surface area contributed by atoms with Gasteiger partial charge in [0.1, 0.15) is 11.6 Å². The van der Waals surface area contributed by atoms with Crippen molar-refractivity contribution in [1.82, 2.24) is 20.3 Å². The Morgan fingerprint density at radius 3 is 3.12 bits per heavy atom. The third kappa shape index (κ3) is 3.77. The molecule has 0 aliphatic carbocycles. The normalized spacial score (nSPS) is 18.2. The van der Waals surface area contributed by atoms with Crippen molar-refractivity contribution in [2.75, 3.05) is 30.3 Å². The SMILES string of the molecule is C[C@@H](O)CNc1cc(-c2nc(N[C@@H]3CCNC3)c3sccc3n2)ccn1. The first-order valence-electron chi connectivity index (χ1n) is 8.80. The minimum absolute atomic E-state index is 0.392. The van der Waals surface area contributed by atoms with Crippen LogP contribution in [-0.4, -0.2) is 51.8 Å². The number of hydrogen-bond acceptors (Lipinski definition) is 8. The van der Waals surface area contributed by atoms with Crippen molar-refractivity contribution in [2.45, 2.75) is 25.5 Å². The molecule has 1 fully saturated rings. The van der Waals surface area contributed by atoms with Crippen LogP contribution < -0.4 is 16.0 Å². The first-order chi connectivity index (χ1) is 12.7. The number of rotatable bonds is 6. The number of aliphatic hydroxyl groups excluding tert-OH is 1. The summed E-state index contributed by atoms with van der Waals surface area (Å²) in [5.74, 6) is 2.27. The summed E-state index contributed by atoms with van der Waals surface area (Å²) < 4.78 is 1.09. The molecule has 0 radical (unpaired) electrons. The molecule has 136 valence electrons. The number of pyridine rings is 1. The molecule has 3 aromatic rings. The summed E-state index contributed by atoms with van der Waals surface area (Å²) in [5.41, 5.74) is 1.84. The number of nitrogens with one attached hydrogen (secondary N) is 3. The maximum Gasteiger partial charge on any atom is 0.162 e. The molecule has 2 atom stereocenters. The summed E-state index contributed by atoms with van der Waals surface area (Å²) >= 11 is 1.66. The van der Waals surface area contributed by atoms with Gasteiger partial charge in [0, 0.05) is 30.9 Å². The van der Waals surface area contributed by atoms with Crippen LogP contribution in [0.1, 0.15) is 13.3 Å². The summed E-state index contributed by atoms with van der Waals surface area (Å²) in [6, 6.07) is 6.24. The van der Waals surface area contributed by atoms with E-state index in [1.807, 2.05) is 23.6 Å². The van der Waals surface area contributed by atoms with Crippen molar-refractivity contribution in [3.05, 3.63) is 29.8 Å². The van der Waals surface area contributed by atoms with Crippen LogP contribution in [0.15, 0.2) is 29.8 Å². The van der Waals surface area contributed by atoms with E-state index in [1.54, 1.807) is 24.5 Å². The van der Waals surface area contributed by atoms with Gasteiger partial charge in [-0.2, -0.15) is 0 Å². The Kier molecular flexibility index (Phi) is 4.96. The zero-order chi connectivity index (χ0) is 17.9. The fourth-order valence-corrected chi connectivity index (χ4v) is 3.76. The number of fused-ring (bicyclic) bond motifs is 1. The van der Waals surface area contributed by atoms with E-state index < -0.39 is 6.10 Å². The van der Waals surface area contributed by atoms with E-state index in [2.05, 4.69) is 20.9 Å².